The second-order valence-corrected chi connectivity index (χ2v) is 9.87. The first kappa shape index (κ1) is 24.9. The fourth-order valence-electron chi connectivity index (χ4n) is 4.57. The average Bonchev–Trinajstić information content (AvgIpc) is 3.44. The summed E-state index contributed by atoms with van der Waals surface area (Å²) in [7, 11) is -5.03. The van der Waals surface area contributed by atoms with Gasteiger partial charge in [-0.3, -0.25) is 4.57 Å². The van der Waals surface area contributed by atoms with E-state index >= 15 is 0 Å². The highest BCUT2D eigenvalue weighted by Crippen LogP contribution is 2.35. The van der Waals surface area contributed by atoms with Crippen LogP contribution in [0, 0.1) is 17.5 Å². The molecule has 194 valence electrons. The van der Waals surface area contributed by atoms with Crippen molar-refractivity contribution in [2.24, 2.45) is 0 Å². The van der Waals surface area contributed by atoms with Crippen LogP contribution in [0.15, 0.2) is 18.3 Å². The molecule has 11 nitrogen and oxygen atoms in total. The van der Waals surface area contributed by atoms with E-state index in [4.69, 9.17) is 4.74 Å². The largest absolute Gasteiger partial charge is 0.790 e. The molecule has 0 radical (unpaired) electrons. The number of phosphoric acid groups is 1. The maximum absolute atomic E-state index is 14.3. The van der Waals surface area contributed by atoms with Gasteiger partial charge in [-0.1, -0.05) is 0 Å². The van der Waals surface area contributed by atoms with Gasteiger partial charge in [0, 0.05) is 24.8 Å². The molecule has 2 aliphatic rings. The second-order valence-electron chi connectivity index (χ2n) is 8.77. The number of nitrogens with one attached hydrogen (secondary N) is 2. The Labute approximate surface area is 203 Å². The summed E-state index contributed by atoms with van der Waals surface area (Å²) in [5, 5.41) is 5.83. The summed E-state index contributed by atoms with van der Waals surface area (Å²) in [5.41, 5.74) is 0.235. The van der Waals surface area contributed by atoms with Crippen molar-refractivity contribution < 1.29 is 36.8 Å². The summed E-state index contributed by atoms with van der Waals surface area (Å²) in [5.74, 6) is -2.85. The van der Waals surface area contributed by atoms with Gasteiger partial charge >= 0.3 is 0 Å². The van der Waals surface area contributed by atoms with E-state index in [1.54, 1.807) is 4.57 Å². The van der Waals surface area contributed by atoms with Crippen molar-refractivity contribution >= 4 is 36.6 Å². The Morgan fingerprint density at radius 1 is 1.08 bits per heavy atom. The molecule has 5 rings (SSSR count). The van der Waals surface area contributed by atoms with Crippen LogP contribution in [0.3, 0.4) is 0 Å². The van der Waals surface area contributed by atoms with Crippen LogP contribution in [-0.4, -0.2) is 44.9 Å². The number of fused-ring (bicyclic) bond motifs is 1. The number of nitrogens with zero attached hydrogens (tertiary/aromatic N) is 4. The first-order valence-corrected chi connectivity index (χ1v) is 12.8. The molecule has 1 atom stereocenters. The third-order valence-corrected chi connectivity index (χ3v) is 6.79. The minimum absolute atomic E-state index is 0.0776. The van der Waals surface area contributed by atoms with Gasteiger partial charge in [-0.25, -0.2) is 23.1 Å². The van der Waals surface area contributed by atoms with Gasteiger partial charge in [0.15, 0.2) is 17.3 Å². The van der Waals surface area contributed by atoms with Gasteiger partial charge in [-0.15, -0.1) is 0 Å². The van der Waals surface area contributed by atoms with E-state index in [0.717, 1.165) is 0 Å². The number of imidazole rings is 1. The first-order chi connectivity index (χ1) is 17.2. The summed E-state index contributed by atoms with van der Waals surface area (Å²) >= 11 is 0. The Bertz CT molecular complexity index is 1280. The predicted octanol–water partition coefficient (Wildman–Crippen LogP) is 2.52. The van der Waals surface area contributed by atoms with Gasteiger partial charge in [0.1, 0.15) is 17.0 Å². The Kier molecular flexibility index (Phi) is 6.88. The number of rotatable bonds is 7. The monoisotopic (exact) mass is 526 g/mol. The molecule has 0 amide bonds. The van der Waals surface area contributed by atoms with Crippen LogP contribution >= 0.6 is 7.82 Å². The Balaban J connectivity index is 1.40. The van der Waals surface area contributed by atoms with Gasteiger partial charge in [0.2, 0.25) is 11.9 Å². The van der Waals surface area contributed by atoms with Crippen molar-refractivity contribution in [3.05, 3.63) is 35.8 Å². The number of hydrogen-bond donors (Lipinski definition) is 2. The lowest BCUT2D eigenvalue weighted by Gasteiger charge is -2.36. The average molecular weight is 526 g/mol. The van der Waals surface area contributed by atoms with Crippen LogP contribution in [0.1, 0.15) is 38.1 Å². The molecule has 3 heterocycles. The Hall–Kier alpha value is -2.77. The highest BCUT2D eigenvalue weighted by molar-refractivity contribution is 7.43. The van der Waals surface area contributed by atoms with Gasteiger partial charge in [0.25, 0.3) is 0 Å². The molecule has 0 bridgehead atoms. The predicted molar refractivity (Wildman–Crippen MR) is 118 cm³/mol. The fourth-order valence-corrected chi connectivity index (χ4v) is 5.15. The maximum Gasteiger partial charge on any atom is 0.224 e. The van der Waals surface area contributed by atoms with E-state index in [1.807, 2.05) is 0 Å². The molecule has 2 N–H and O–H groups in total. The van der Waals surface area contributed by atoms with Crippen LogP contribution in [0.25, 0.3) is 11.2 Å². The molecule has 1 aliphatic carbocycles. The highest BCUT2D eigenvalue weighted by Gasteiger charge is 2.27. The zero-order valence-electron chi connectivity index (χ0n) is 18.8. The van der Waals surface area contributed by atoms with Gasteiger partial charge in [0.05, 0.1) is 32.8 Å². The van der Waals surface area contributed by atoms with Crippen molar-refractivity contribution in [3.63, 3.8) is 0 Å². The van der Waals surface area contributed by atoms with Crippen molar-refractivity contribution in [1.29, 1.82) is 0 Å². The Morgan fingerprint density at radius 3 is 2.44 bits per heavy atom. The third kappa shape index (κ3) is 5.47. The summed E-state index contributed by atoms with van der Waals surface area (Å²) in [6, 6.07) is 0.859. The summed E-state index contributed by atoms with van der Waals surface area (Å²) in [4.78, 5) is 34.9. The summed E-state index contributed by atoms with van der Waals surface area (Å²) in [6.07, 6.45) is 3.30. The molecule has 2 fully saturated rings. The van der Waals surface area contributed by atoms with Gasteiger partial charge in [-0.2, -0.15) is 4.98 Å². The number of benzene rings is 1. The van der Waals surface area contributed by atoms with Crippen molar-refractivity contribution in [3.8, 4) is 0 Å². The summed E-state index contributed by atoms with van der Waals surface area (Å²) < 4.78 is 64.5. The number of ether oxygens (including phenoxy) is 1. The minimum Gasteiger partial charge on any atom is -0.790 e. The summed E-state index contributed by atoms with van der Waals surface area (Å²) in [6.45, 7) is 0.832. The molecule has 0 unspecified atom stereocenters. The van der Waals surface area contributed by atoms with E-state index in [0.29, 0.717) is 68.6 Å². The lowest BCUT2D eigenvalue weighted by atomic mass is 9.93. The van der Waals surface area contributed by atoms with E-state index in [-0.39, 0.29) is 24.0 Å². The van der Waals surface area contributed by atoms with Crippen LogP contribution in [-0.2, 0) is 13.8 Å². The molecule has 1 aromatic carbocycles. The molecule has 3 aromatic rings. The highest BCUT2D eigenvalue weighted by atomic mass is 31.2. The van der Waals surface area contributed by atoms with Gasteiger partial charge in [-0.05, 0) is 32.1 Å². The van der Waals surface area contributed by atoms with E-state index in [9.17, 15) is 27.5 Å². The number of phosphoric ester groups is 1. The molecule has 15 heteroatoms. The topological polar surface area (TPSA) is 149 Å². The van der Waals surface area contributed by atoms with E-state index in [2.05, 4.69) is 30.1 Å². The van der Waals surface area contributed by atoms with Crippen LogP contribution in [0.5, 0.6) is 0 Å². The van der Waals surface area contributed by atoms with Crippen LogP contribution in [0.2, 0.25) is 0 Å². The third-order valence-electron chi connectivity index (χ3n) is 6.23. The van der Waals surface area contributed by atoms with Crippen molar-refractivity contribution in [2.45, 2.75) is 50.3 Å². The standard InChI is InChI=1S/C21H24F3N6O5P/c22-11-7-15(23)18(16(24)8-11)28-21-27-17-9-25-20(29-19(17)30(21)13-5-6-34-10-13)26-12-1-3-14(4-2-12)35-36(31,32)33/h7-9,12-14H,1-6,10H2,(H,27,28)(H,25,26,29)(H2,31,32,33)/p-2/t12?,13-,14?/m0/s1. The van der Waals surface area contributed by atoms with Crippen molar-refractivity contribution in [1.82, 2.24) is 19.5 Å². The lowest BCUT2D eigenvalue weighted by Crippen LogP contribution is -2.32. The molecule has 0 spiro atoms. The molecule has 1 saturated carbocycles. The maximum atomic E-state index is 14.3. The SMILES string of the molecule is O=P([O-])([O-])OC1CCC(Nc2ncc3nc(Nc4c(F)cc(F)cc4F)n([C@H]4CCOC4)c3n2)CC1. The number of halogens is 3. The number of anilines is 3. The second kappa shape index (κ2) is 9.94. The molecular weight excluding hydrogens is 504 g/mol. The van der Waals surface area contributed by atoms with Crippen LogP contribution < -0.4 is 20.4 Å². The smallest absolute Gasteiger partial charge is 0.224 e. The first-order valence-electron chi connectivity index (χ1n) is 11.4. The van der Waals surface area contributed by atoms with Crippen molar-refractivity contribution in [2.75, 3.05) is 23.8 Å². The van der Waals surface area contributed by atoms with E-state index in [1.165, 1.54) is 6.20 Å². The Morgan fingerprint density at radius 2 is 1.81 bits per heavy atom. The van der Waals surface area contributed by atoms with Gasteiger partial charge < -0.3 is 34.2 Å². The zero-order chi connectivity index (χ0) is 25.4. The molecule has 1 saturated heterocycles. The minimum atomic E-state index is -5.03. The molecule has 2 aromatic heterocycles. The van der Waals surface area contributed by atoms with Crippen LogP contribution in [0.4, 0.5) is 30.8 Å². The zero-order valence-corrected chi connectivity index (χ0v) is 19.7. The molecular formula is C21H22F3N6O5P-2. The molecule has 36 heavy (non-hydrogen) atoms. The number of hydrogen-bond acceptors (Lipinski definition) is 10. The lowest BCUT2D eigenvalue weighted by molar-refractivity contribution is -0.345. The molecule has 1 aliphatic heterocycles. The number of aromatic nitrogens is 4. The van der Waals surface area contributed by atoms with E-state index < -0.39 is 37.1 Å². The quantitative estimate of drug-likeness (QED) is 0.440. The normalized spacial score (nSPS) is 22.8. The fraction of sp³-hybridized carbons (Fsp3) is 0.476.